The largest absolute Gasteiger partial charge is 0.496 e. The number of nitrogens with two attached hydrogens (primary N) is 1. The first-order chi connectivity index (χ1) is 8.99. The minimum absolute atomic E-state index is 0.0375. The number of benzene rings is 1. The third kappa shape index (κ3) is 2.73. The molecule has 0 saturated carbocycles. The summed E-state index contributed by atoms with van der Waals surface area (Å²) in [6.07, 6.45) is 2.02. The number of carbonyl (C=O) groups is 1. The highest BCUT2D eigenvalue weighted by molar-refractivity contribution is 5.95. The van der Waals surface area contributed by atoms with Gasteiger partial charge in [0.1, 0.15) is 5.75 Å². The van der Waals surface area contributed by atoms with Crippen molar-refractivity contribution in [3.8, 4) is 5.75 Å². The Labute approximate surface area is 114 Å². The fourth-order valence-electron chi connectivity index (χ4n) is 2.65. The van der Waals surface area contributed by atoms with Crippen LogP contribution >= 0.6 is 0 Å². The maximum atomic E-state index is 12.3. The highest BCUT2D eigenvalue weighted by atomic mass is 16.5. The molecule has 1 aromatic carbocycles. The van der Waals surface area contributed by atoms with E-state index in [-0.39, 0.29) is 11.4 Å². The standard InChI is InChI=1S/C15H22N2O2/c1-4-7-15(16)9-17(10-15)14(18)12-6-5-11(2)13(8-12)19-3/h5-6,8H,4,7,9-10,16H2,1-3H3. The fraction of sp³-hybridized carbons (Fsp3) is 0.533. The van der Waals surface area contributed by atoms with Crippen LogP contribution in [0, 0.1) is 6.92 Å². The van der Waals surface area contributed by atoms with E-state index in [9.17, 15) is 4.79 Å². The number of hydrogen-bond donors (Lipinski definition) is 1. The van der Waals surface area contributed by atoms with Gasteiger partial charge in [0.05, 0.1) is 12.6 Å². The lowest BCUT2D eigenvalue weighted by Gasteiger charge is -2.47. The molecule has 0 atom stereocenters. The van der Waals surface area contributed by atoms with Gasteiger partial charge in [-0.25, -0.2) is 0 Å². The quantitative estimate of drug-likeness (QED) is 0.902. The molecule has 0 aromatic heterocycles. The topological polar surface area (TPSA) is 55.6 Å². The monoisotopic (exact) mass is 262 g/mol. The normalized spacial score (nSPS) is 16.9. The average Bonchev–Trinajstić information content (AvgIpc) is 2.36. The maximum Gasteiger partial charge on any atom is 0.254 e. The zero-order valence-corrected chi connectivity index (χ0v) is 11.9. The molecular formula is C15H22N2O2. The molecule has 0 unspecified atom stereocenters. The van der Waals surface area contributed by atoms with Gasteiger partial charge in [-0.1, -0.05) is 19.4 Å². The van der Waals surface area contributed by atoms with Crippen molar-refractivity contribution in [3.05, 3.63) is 29.3 Å². The number of methoxy groups -OCH3 is 1. The van der Waals surface area contributed by atoms with E-state index in [2.05, 4.69) is 6.92 Å². The molecule has 0 spiro atoms. The molecular weight excluding hydrogens is 240 g/mol. The molecule has 0 bridgehead atoms. The summed E-state index contributed by atoms with van der Waals surface area (Å²) in [5, 5.41) is 0. The molecule has 4 nitrogen and oxygen atoms in total. The van der Waals surface area contributed by atoms with E-state index in [1.54, 1.807) is 18.1 Å². The van der Waals surface area contributed by atoms with Crippen LogP contribution in [-0.4, -0.2) is 36.5 Å². The van der Waals surface area contributed by atoms with Crippen molar-refractivity contribution in [2.75, 3.05) is 20.2 Å². The number of amides is 1. The van der Waals surface area contributed by atoms with E-state index < -0.39 is 0 Å². The minimum atomic E-state index is -0.181. The molecule has 0 aliphatic carbocycles. The van der Waals surface area contributed by atoms with Gasteiger partial charge < -0.3 is 15.4 Å². The second kappa shape index (κ2) is 5.21. The Hall–Kier alpha value is -1.55. The summed E-state index contributed by atoms with van der Waals surface area (Å²) < 4.78 is 5.25. The Balaban J connectivity index is 2.06. The minimum Gasteiger partial charge on any atom is -0.496 e. The first-order valence-electron chi connectivity index (χ1n) is 6.72. The van der Waals surface area contributed by atoms with Crippen LogP contribution in [0.2, 0.25) is 0 Å². The lowest BCUT2D eigenvalue weighted by molar-refractivity contribution is 0.0386. The summed E-state index contributed by atoms with van der Waals surface area (Å²) in [6, 6.07) is 5.55. The average molecular weight is 262 g/mol. The molecule has 0 radical (unpaired) electrons. The van der Waals surface area contributed by atoms with Gasteiger partial charge in [0, 0.05) is 18.7 Å². The lowest BCUT2D eigenvalue weighted by Crippen LogP contribution is -2.68. The van der Waals surface area contributed by atoms with E-state index in [1.165, 1.54) is 0 Å². The van der Waals surface area contributed by atoms with Gasteiger partial charge in [0.15, 0.2) is 0 Å². The van der Waals surface area contributed by atoms with Crippen LogP contribution in [0.3, 0.4) is 0 Å². The Bertz CT molecular complexity index is 479. The van der Waals surface area contributed by atoms with Gasteiger partial charge in [-0.15, -0.1) is 0 Å². The van der Waals surface area contributed by atoms with Crippen molar-refractivity contribution < 1.29 is 9.53 Å². The Morgan fingerprint density at radius 2 is 2.16 bits per heavy atom. The number of rotatable bonds is 4. The first kappa shape index (κ1) is 13.9. The Kier molecular flexibility index (Phi) is 3.80. The number of hydrogen-bond acceptors (Lipinski definition) is 3. The smallest absolute Gasteiger partial charge is 0.254 e. The van der Waals surface area contributed by atoms with Gasteiger partial charge in [-0.2, -0.15) is 0 Å². The predicted molar refractivity (Wildman–Crippen MR) is 75.5 cm³/mol. The van der Waals surface area contributed by atoms with E-state index >= 15 is 0 Å². The van der Waals surface area contributed by atoms with Crippen LogP contribution in [0.5, 0.6) is 5.75 Å². The number of nitrogens with zero attached hydrogens (tertiary/aromatic N) is 1. The molecule has 1 saturated heterocycles. The van der Waals surface area contributed by atoms with Gasteiger partial charge in [0.2, 0.25) is 0 Å². The van der Waals surface area contributed by atoms with E-state index in [0.717, 1.165) is 24.2 Å². The number of carbonyl (C=O) groups excluding carboxylic acids is 1. The van der Waals surface area contributed by atoms with Crippen molar-refractivity contribution >= 4 is 5.91 Å². The van der Waals surface area contributed by atoms with Crippen molar-refractivity contribution in [1.82, 2.24) is 4.90 Å². The Morgan fingerprint density at radius 3 is 2.74 bits per heavy atom. The van der Waals surface area contributed by atoms with Crippen LogP contribution < -0.4 is 10.5 Å². The molecule has 4 heteroatoms. The molecule has 1 heterocycles. The fourth-order valence-corrected chi connectivity index (χ4v) is 2.65. The van der Waals surface area contributed by atoms with Crippen molar-refractivity contribution in [1.29, 1.82) is 0 Å². The molecule has 1 amide bonds. The summed E-state index contributed by atoms with van der Waals surface area (Å²) in [4.78, 5) is 14.1. The van der Waals surface area contributed by atoms with Gasteiger partial charge in [0.25, 0.3) is 5.91 Å². The highest BCUT2D eigenvalue weighted by Gasteiger charge is 2.41. The summed E-state index contributed by atoms with van der Waals surface area (Å²) in [5.74, 6) is 0.787. The third-order valence-corrected chi connectivity index (χ3v) is 3.70. The second-order valence-electron chi connectivity index (χ2n) is 5.46. The van der Waals surface area contributed by atoms with E-state index in [0.29, 0.717) is 18.7 Å². The van der Waals surface area contributed by atoms with Gasteiger partial charge in [-0.3, -0.25) is 4.79 Å². The summed E-state index contributed by atoms with van der Waals surface area (Å²) in [5.41, 5.74) is 7.70. The second-order valence-corrected chi connectivity index (χ2v) is 5.46. The first-order valence-corrected chi connectivity index (χ1v) is 6.72. The van der Waals surface area contributed by atoms with Gasteiger partial charge in [-0.05, 0) is 31.0 Å². The summed E-state index contributed by atoms with van der Waals surface area (Å²) in [6.45, 7) is 5.37. The zero-order valence-electron chi connectivity index (χ0n) is 11.9. The van der Waals surface area contributed by atoms with Crippen molar-refractivity contribution in [2.24, 2.45) is 5.73 Å². The maximum absolute atomic E-state index is 12.3. The Morgan fingerprint density at radius 1 is 1.47 bits per heavy atom. The number of ether oxygens (including phenoxy) is 1. The van der Waals surface area contributed by atoms with Crippen LogP contribution in [0.25, 0.3) is 0 Å². The van der Waals surface area contributed by atoms with Crippen molar-refractivity contribution in [2.45, 2.75) is 32.2 Å². The lowest BCUT2D eigenvalue weighted by atomic mass is 9.86. The summed E-state index contributed by atoms with van der Waals surface area (Å²) >= 11 is 0. The molecule has 1 aliphatic rings. The molecule has 1 fully saturated rings. The third-order valence-electron chi connectivity index (χ3n) is 3.70. The molecule has 104 valence electrons. The van der Waals surface area contributed by atoms with Crippen LogP contribution in [0.15, 0.2) is 18.2 Å². The van der Waals surface area contributed by atoms with Crippen LogP contribution in [0.4, 0.5) is 0 Å². The van der Waals surface area contributed by atoms with E-state index in [4.69, 9.17) is 10.5 Å². The number of aryl methyl sites for hydroxylation is 1. The van der Waals surface area contributed by atoms with E-state index in [1.807, 2.05) is 19.1 Å². The SMILES string of the molecule is CCCC1(N)CN(C(=O)c2ccc(C)c(OC)c2)C1. The van der Waals surface area contributed by atoms with Crippen LogP contribution in [0.1, 0.15) is 35.7 Å². The van der Waals surface area contributed by atoms with Crippen molar-refractivity contribution in [3.63, 3.8) is 0 Å². The van der Waals surface area contributed by atoms with Crippen LogP contribution in [-0.2, 0) is 0 Å². The number of likely N-dealkylation sites (tertiary alicyclic amines) is 1. The molecule has 2 rings (SSSR count). The molecule has 1 aliphatic heterocycles. The molecule has 2 N–H and O–H groups in total. The van der Waals surface area contributed by atoms with Gasteiger partial charge >= 0.3 is 0 Å². The zero-order chi connectivity index (χ0) is 14.0. The highest BCUT2D eigenvalue weighted by Crippen LogP contribution is 2.26. The molecule has 1 aromatic rings. The summed E-state index contributed by atoms with van der Waals surface area (Å²) in [7, 11) is 1.62. The molecule has 19 heavy (non-hydrogen) atoms. The predicted octanol–water partition coefficient (Wildman–Crippen LogP) is 1.96.